The zero-order valence-electron chi connectivity index (χ0n) is 12.4. The number of urea groups is 1. The number of nitrogens with zero attached hydrogens (tertiary/aromatic N) is 1. The smallest absolute Gasteiger partial charge is 0.324 e. The molecule has 3 amide bonds. The molecule has 1 aliphatic rings. The number of hydrogen-bond acceptors (Lipinski definition) is 3. The van der Waals surface area contributed by atoms with E-state index in [0.717, 1.165) is 22.5 Å². The molecule has 1 aliphatic heterocycles. The van der Waals surface area contributed by atoms with Gasteiger partial charge in [0.25, 0.3) is 0 Å². The Hall–Kier alpha value is -2.89. The molecule has 1 aromatic heterocycles. The Bertz CT molecular complexity index is 750. The van der Waals surface area contributed by atoms with E-state index in [4.69, 9.17) is 0 Å². The van der Waals surface area contributed by atoms with E-state index in [-0.39, 0.29) is 11.9 Å². The summed E-state index contributed by atoms with van der Waals surface area (Å²) in [6.07, 6.45) is 0.338. The summed E-state index contributed by atoms with van der Waals surface area (Å²) in [6, 6.07) is 8.70. The highest BCUT2D eigenvalue weighted by atomic mass is 16.2. The summed E-state index contributed by atoms with van der Waals surface area (Å²) in [5.41, 5.74) is 4.19. The normalized spacial score (nSPS) is 12.5. The van der Waals surface area contributed by atoms with Crippen LogP contribution in [0.5, 0.6) is 0 Å². The number of rotatable bonds is 2. The van der Waals surface area contributed by atoms with Crippen LogP contribution >= 0.6 is 0 Å². The number of pyridine rings is 1. The van der Waals surface area contributed by atoms with Crippen LogP contribution in [-0.2, 0) is 11.2 Å². The molecule has 2 aromatic rings. The molecule has 6 heteroatoms. The quantitative estimate of drug-likeness (QED) is 0.797. The largest absolute Gasteiger partial charge is 0.326 e. The van der Waals surface area contributed by atoms with Gasteiger partial charge < -0.3 is 10.6 Å². The van der Waals surface area contributed by atoms with Gasteiger partial charge in [-0.1, -0.05) is 0 Å². The van der Waals surface area contributed by atoms with Gasteiger partial charge in [-0.2, -0.15) is 0 Å². The van der Waals surface area contributed by atoms with Crippen molar-refractivity contribution >= 4 is 29.1 Å². The zero-order chi connectivity index (χ0) is 15.7. The maximum Gasteiger partial charge on any atom is 0.324 e. The van der Waals surface area contributed by atoms with Crippen LogP contribution in [0.15, 0.2) is 30.3 Å². The standard InChI is InChI=1S/C16H16N4O2/c1-9-5-10(2)17-14(6-9)20-16(22)18-12-3-4-13-11(7-12)8-15(21)19-13/h3-7H,8H2,1-2H3,(H,19,21)(H2,17,18,20,22). The van der Waals surface area contributed by atoms with Crippen molar-refractivity contribution in [2.24, 2.45) is 0 Å². The minimum atomic E-state index is -0.366. The van der Waals surface area contributed by atoms with Crippen molar-refractivity contribution in [3.05, 3.63) is 47.2 Å². The fourth-order valence-corrected chi connectivity index (χ4v) is 2.49. The van der Waals surface area contributed by atoms with E-state index in [9.17, 15) is 9.59 Å². The van der Waals surface area contributed by atoms with Crippen molar-refractivity contribution in [1.29, 1.82) is 0 Å². The zero-order valence-corrected chi connectivity index (χ0v) is 12.4. The molecule has 0 atom stereocenters. The lowest BCUT2D eigenvalue weighted by molar-refractivity contribution is -0.115. The molecule has 1 aromatic carbocycles. The molecule has 112 valence electrons. The van der Waals surface area contributed by atoms with Crippen molar-refractivity contribution in [3.8, 4) is 0 Å². The van der Waals surface area contributed by atoms with Gasteiger partial charge in [-0.25, -0.2) is 9.78 Å². The van der Waals surface area contributed by atoms with Crippen LogP contribution in [0.25, 0.3) is 0 Å². The number of carbonyl (C=O) groups is 2. The van der Waals surface area contributed by atoms with Gasteiger partial charge >= 0.3 is 6.03 Å². The first-order chi connectivity index (χ1) is 10.5. The molecule has 6 nitrogen and oxygen atoms in total. The van der Waals surface area contributed by atoms with Gasteiger partial charge in [0, 0.05) is 17.1 Å². The van der Waals surface area contributed by atoms with E-state index in [1.165, 1.54) is 0 Å². The highest BCUT2D eigenvalue weighted by Crippen LogP contribution is 2.26. The first-order valence-corrected chi connectivity index (χ1v) is 6.96. The number of aromatic nitrogens is 1. The highest BCUT2D eigenvalue weighted by molar-refractivity contribution is 6.02. The second-order valence-electron chi connectivity index (χ2n) is 5.35. The number of nitrogens with one attached hydrogen (secondary N) is 3. The molecule has 0 fully saturated rings. The molecular weight excluding hydrogens is 280 g/mol. The third-order valence-corrected chi connectivity index (χ3v) is 3.33. The number of aryl methyl sites for hydroxylation is 2. The second-order valence-corrected chi connectivity index (χ2v) is 5.35. The molecule has 0 radical (unpaired) electrons. The van der Waals surface area contributed by atoms with E-state index in [1.807, 2.05) is 19.9 Å². The Morgan fingerprint density at radius 3 is 2.77 bits per heavy atom. The predicted octanol–water partition coefficient (Wildman–Crippen LogP) is 2.84. The van der Waals surface area contributed by atoms with Gasteiger partial charge in [0.05, 0.1) is 6.42 Å². The van der Waals surface area contributed by atoms with E-state index < -0.39 is 0 Å². The summed E-state index contributed by atoms with van der Waals surface area (Å²) in [4.78, 5) is 27.6. The van der Waals surface area contributed by atoms with Crippen LogP contribution in [0.2, 0.25) is 0 Å². The first-order valence-electron chi connectivity index (χ1n) is 6.96. The van der Waals surface area contributed by atoms with Gasteiger partial charge in [0.2, 0.25) is 5.91 Å². The summed E-state index contributed by atoms with van der Waals surface area (Å²) >= 11 is 0. The molecule has 3 rings (SSSR count). The third-order valence-electron chi connectivity index (χ3n) is 3.33. The fraction of sp³-hybridized carbons (Fsp3) is 0.188. The van der Waals surface area contributed by atoms with E-state index >= 15 is 0 Å². The van der Waals surface area contributed by atoms with Crippen LogP contribution in [0.1, 0.15) is 16.8 Å². The Morgan fingerprint density at radius 2 is 2.00 bits per heavy atom. The second kappa shape index (κ2) is 5.48. The molecule has 0 saturated carbocycles. The summed E-state index contributed by atoms with van der Waals surface area (Å²) in [7, 11) is 0. The van der Waals surface area contributed by atoms with E-state index in [2.05, 4.69) is 20.9 Å². The molecule has 0 spiro atoms. The van der Waals surface area contributed by atoms with Crippen LogP contribution in [0, 0.1) is 13.8 Å². The van der Waals surface area contributed by atoms with Crippen LogP contribution in [0.4, 0.5) is 22.0 Å². The molecule has 0 unspecified atom stereocenters. The van der Waals surface area contributed by atoms with Gasteiger partial charge in [0.1, 0.15) is 5.82 Å². The van der Waals surface area contributed by atoms with Gasteiger partial charge in [0.15, 0.2) is 0 Å². The highest BCUT2D eigenvalue weighted by Gasteiger charge is 2.17. The molecular formula is C16H16N4O2. The van der Waals surface area contributed by atoms with Crippen LogP contribution in [-0.4, -0.2) is 16.9 Å². The summed E-state index contributed by atoms with van der Waals surface area (Å²) in [6.45, 7) is 3.82. The van der Waals surface area contributed by atoms with Crippen molar-refractivity contribution in [1.82, 2.24) is 4.98 Å². The molecule has 22 heavy (non-hydrogen) atoms. The number of carbonyl (C=O) groups excluding carboxylic acids is 2. The predicted molar refractivity (Wildman–Crippen MR) is 85.1 cm³/mol. The van der Waals surface area contributed by atoms with Crippen molar-refractivity contribution in [3.63, 3.8) is 0 Å². The van der Waals surface area contributed by atoms with Gasteiger partial charge in [-0.3, -0.25) is 10.1 Å². The molecule has 2 heterocycles. The molecule has 0 saturated heterocycles. The average Bonchev–Trinajstić information content (AvgIpc) is 2.76. The van der Waals surface area contributed by atoms with Crippen molar-refractivity contribution in [2.75, 3.05) is 16.0 Å². The lowest BCUT2D eigenvalue weighted by atomic mass is 10.1. The molecule has 3 N–H and O–H groups in total. The lowest BCUT2D eigenvalue weighted by Gasteiger charge is -2.09. The van der Waals surface area contributed by atoms with Gasteiger partial charge in [-0.05, 0) is 55.3 Å². The maximum absolute atomic E-state index is 12.0. The summed E-state index contributed by atoms with van der Waals surface area (Å²) < 4.78 is 0. The lowest BCUT2D eigenvalue weighted by Crippen LogP contribution is -2.20. The Labute approximate surface area is 127 Å². The number of hydrogen-bond donors (Lipinski definition) is 3. The first kappa shape index (κ1) is 14.1. The molecule has 0 aliphatic carbocycles. The third kappa shape index (κ3) is 3.06. The maximum atomic E-state index is 12.0. The van der Waals surface area contributed by atoms with Crippen molar-refractivity contribution in [2.45, 2.75) is 20.3 Å². The number of amides is 3. The Morgan fingerprint density at radius 1 is 1.18 bits per heavy atom. The van der Waals surface area contributed by atoms with Gasteiger partial charge in [-0.15, -0.1) is 0 Å². The van der Waals surface area contributed by atoms with Crippen LogP contribution in [0.3, 0.4) is 0 Å². The summed E-state index contributed by atoms with van der Waals surface area (Å²) in [5, 5.41) is 8.20. The number of anilines is 3. The average molecular weight is 296 g/mol. The summed E-state index contributed by atoms with van der Waals surface area (Å²) in [5.74, 6) is 0.476. The fourth-order valence-electron chi connectivity index (χ4n) is 2.49. The monoisotopic (exact) mass is 296 g/mol. The topological polar surface area (TPSA) is 83.1 Å². The number of benzene rings is 1. The minimum absolute atomic E-state index is 0.0314. The Kier molecular flexibility index (Phi) is 3.50. The molecule has 0 bridgehead atoms. The minimum Gasteiger partial charge on any atom is -0.326 e. The van der Waals surface area contributed by atoms with Crippen LogP contribution < -0.4 is 16.0 Å². The van der Waals surface area contributed by atoms with E-state index in [0.29, 0.717) is 17.9 Å². The van der Waals surface area contributed by atoms with Crippen molar-refractivity contribution < 1.29 is 9.59 Å². The Balaban J connectivity index is 1.69. The van der Waals surface area contributed by atoms with E-state index in [1.54, 1.807) is 24.3 Å². The SMILES string of the molecule is Cc1cc(C)nc(NC(=O)Nc2ccc3c(c2)CC(=O)N3)c1. The number of fused-ring (bicyclic) bond motifs is 1.